The van der Waals surface area contributed by atoms with Crippen LogP contribution in [0.2, 0.25) is 0 Å². The molecule has 1 aromatic carbocycles. The van der Waals surface area contributed by atoms with Crippen LogP contribution in [0.25, 0.3) is 0 Å². The summed E-state index contributed by atoms with van der Waals surface area (Å²) < 4.78 is 5.31. The van der Waals surface area contributed by atoms with Crippen LogP contribution in [0.5, 0.6) is 0 Å². The van der Waals surface area contributed by atoms with E-state index in [9.17, 15) is 9.59 Å². The smallest absolute Gasteiger partial charge is 0.253 e. The zero-order valence-corrected chi connectivity index (χ0v) is 14.9. The Labute approximate surface area is 149 Å². The lowest BCUT2D eigenvalue weighted by Gasteiger charge is -2.36. The molecule has 3 rings (SSSR count). The topological polar surface area (TPSA) is 53.1 Å². The predicted octanol–water partition coefficient (Wildman–Crippen LogP) is 0.866. The van der Waals surface area contributed by atoms with E-state index < -0.39 is 0 Å². The van der Waals surface area contributed by atoms with Gasteiger partial charge in [0, 0.05) is 44.8 Å². The quantitative estimate of drug-likeness (QED) is 0.812. The Balaban J connectivity index is 1.48. The van der Waals surface area contributed by atoms with Crippen LogP contribution in [-0.2, 0) is 16.0 Å². The summed E-state index contributed by atoms with van der Waals surface area (Å²) in [6.45, 7) is 8.02. The molecule has 0 radical (unpaired) electrons. The van der Waals surface area contributed by atoms with E-state index in [1.54, 1.807) is 0 Å². The largest absolute Gasteiger partial charge is 0.379 e. The molecule has 0 aliphatic carbocycles. The molecule has 2 fully saturated rings. The van der Waals surface area contributed by atoms with Crippen molar-refractivity contribution < 1.29 is 14.3 Å². The van der Waals surface area contributed by atoms with E-state index in [1.807, 2.05) is 34.1 Å². The van der Waals surface area contributed by atoms with Crippen molar-refractivity contribution in [2.75, 3.05) is 59.0 Å². The summed E-state index contributed by atoms with van der Waals surface area (Å²) in [5.41, 5.74) is 1.96. The van der Waals surface area contributed by atoms with E-state index in [4.69, 9.17) is 4.74 Å². The lowest BCUT2D eigenvalue weighted by Crippen LogP contribution is -2.53. The maximum atomic E-state index is 12.6. The van der Waals surface area contributed by atoms with Gasteiger partial charge in [-0.2, -0.15) is 0 Å². The van der Waals surface area contributed by atoms with Gasteiger partial charge in [0.1, 0.15) is 0 Å². The fraction of sp³-hybridized carbons (Fsp3) is 0.579. The third-order valence-corrected chi connectivity index (χ3v) is 4.99. The predicted molar refractivity (Wildman–Crippen MR) is 95.6 cm³/mol. The molecule has 25 heavy (non-hydrogen) atoms. The van der Waals surface area contributed by atoms with Crippen LogP contribution in [0.3, 0.4) is 0 Å². The molecule has 2 saturated heterocycles. The number of carbonyl (C=O) groups excluding carboxylic acids is 2. The average molecular weight is 345 g/mol. The molecule has 2 aliphatic rings. The highest BCUT2D eigenvalue weighted by molar-refractivity contribution is 5.94. The van der Waals surface area contributed by atoms with Gasteiger partial charge in [-0.25, -0.2) is 0 Å². The number of hydrogen-bond acceptors (Lipinski definition) is 4. The number of aryl methyl sites for hydroxylation is 1. The second kappa shape index (κ2) is 8.45. The van der Waals surface area contributed by atoms with Gasteiger partial charge in [0.25, 0.3) is 5.91 Å². The molecule has 6 nitrogen and oxygen atoms in total. The number of nitrogens with zero attached hydrogens (tertiary/aromatic N) is 3. The molecule has 2 aliphatic heterocycles. The second-order valence-electron chi connectivity index (χ2n) is 6.61. The number of hydrogen-bond donors (Lipinski definition) is 0. The minimum atomic E-state index is 0.0583. The van der Waals surface area contributed by atoms with Gasteiger partial charge in [-0.05, 0) is 24.1 Å². The molecule has 0 bridgehead atoms. The molecule has 136 valence electrons. The zero-order valence-electron chi connectivity index (χ0n) is 14.9. The third-order valence-electron chi connectivity index (χ3n) is 4.99. The molecular formula is C19H27N3O3. The lowest BCUT2D eigenvalue weighted by atomic mass is 10.1. The number of amides is 2. The van der Waals surface area contributed by atoms with Crippen molar-refractivity contribution in [1.29, 1.82) is 0 Å². The van der Waals surface area contributed by atoms with Gasteiger partial charge in [-0.3, -0.25) is 14.5 Å². The number of ether oxygens (including phenoxy) is 1. The van der Waals surface area contributed by atoms with E-state index in [0.717, 1.165) is 25.1 Å². The van der Waals surface area contributed by atoms with Gasteiger partial charge in [0.2, 0.25) is 5.91 Å². The van der Waals surface area contributed by atoms with Gasteiger partial charge in [0.15, 0.2) is 0 Å². The summed E-state index contributed by atoms with van der Waals surface area (Å²) >= 11 is 0. The minimum Gasteiger partial charge on any atom is -0.379 e. The molecule has 6 heteroatoms. The fourth-order valence-electron chi connectivity index (χ4n) is 3.28. The Morgan fingerprint density at radius 1 is 0.920 bits per heavy atom. The molecule has 0 N–H and O–H groups in total. The number of carbonyl (C=O) groups is 2. The molecule has 0 saturated carbocycles. The van der Waals surface area contributed by atoms with E-state index in [-0.39, 0.29) is 11.8 Å². The summed E-state index contributed by atoms with van der Waals surface area (Å²) in [4.78, 5) is 30.9. The number of morpholine rings is 1. The first kappa shape index (κ1) is 17.9. The molecule has 0 atom stereocenters. The standard InChI is InChI=1S/C19H27N3O3/c1-2-16-3-5-17(6-4-16)19(24)22-9-7-21(8-10-22)18(23)15-20-11-13-25-14-12-20/h3-6H,2,7-15H2,1H3. The molecular weight excluding hydrogens is 318 g/mol. The van der Waals surface area contributed by atoms with E-state index >= 15 is 0 Å². The van der Waals surface area contributed by atoms with Crippen molar-refractivity contribution >= 4 is 11.8 Å². The fourth-order valence-corrected chi connectivity index (χ4v) is 3.28. The Morgan fingerprint density at radius 2 is 1.52 bits per heavy atom. The van der Waals surface area contributed by atoms with Crippen molar-refractivity contribution in [2.24, 2.45) is 0 Å². The first-order chi connectivity index (χ1) is 12.2. The molecule has 1 aromatic rings. The van der Waals surface area contributed by atoms with E-state index in [0.29, 0.717) is 45.9 Å². The van der Waals surface area contributed by atoms with Crippen LogP contribution in [-0.4, -0.2) is 85.5 Å². The van der Waals surface area contributed by atoms with Crippen LogP contribution in [0.15, 0.2) is 24.3 Å². The summed E-state index contributed by atoms with van der Waals surface area (Å²) in [5.74, 6) is 0.212. The highest BCUT2D eigenvalue weighted by atomic mass is 16.5. The zero-order chi connectivity index (χ0) is 17.6. The SMILES string of the molecule is CCc1ccc(C(=O)N2CCN(C(=O)CN3CCOCC3)CC2)cc1. The maximum Gasteiger partial charge on any atom is 0.253 e. The summed E-state index contributed by atoms with van der Waals surface area (Å²) in [7, 11) is 0. The van der Waals surface area contributed by atoms with Crippen molar-refractivity contribution in [1.82, 2.24) is 14.7 Å². The normalized spacial score (nSPS) is 19.1. The van der Waals surface area contributed by atoms with Gasteiger partial charge < -0.3 is 14.5 Å². The minimum absolute atomic E-state index is 0.0583. The van der Waals surface area contributed by atoms with Crippen LogP contribution in [0.1, 0.15) is 22.8 Å². The lowest BCUT2D eigenvalue weighted by molar-refractivity contribution is -0.134. The monoisotopic (exact) mass is 345 g/mol. The molecule has 2 amide bonds. The van der Waals surface area contributed by atoms with E-state index in [1.165, 1.54) is 5.56 Å². The van der Waals surface area contributed by atoms with Crippen molar-refractivity contribution in [2.45, 2.75) is 13.3 Å². The second-order valence-corrected chi connectivity index (χ2v) is 6.61. The Morgan fingerprint density at radius 3 is 2.12 bits per heavy atom. The number of benzene rings is 1. The molecule has 0 unspecified atom stereocenters. The molecule has 0 spiro atoms. The molecule has 0 aromatic heterocycles. The highest BCUT2D eigenvalue weighted by Gasteiger charge is 2.26. The molecule has 2 heterocycles. The first-order valence-corrected chi connectivity index (χ1v) is 9.13. The van der Waals surface area contributed by atoms with Crippen molar-refractivity contribution in [3.8, 4) is 0 Å². The highest BCUT2D eigenvalue weighted by Crippen LogP contribution is 2.11. The number of piperazine rings is 1. The number of rotatable bonds is 4. The van der Waals surface area contributed by atoms with Crippen LogP contribution in [0, 0.1) is 0 Å². The summed E-state index contributed by atoms with van der Waals surface area (Å²) in [6.07, 6.45) is 0.971. The Kier molecular flexibility index (Phi) is 6.04. The summed E-state index contributed by atoms with van der Waals surface area (Å²) in [6, 6.07) is 7.82. The average Bonchev–Trinajstić information content (AvgIpc) is 2.68. The maximum absolute atomic E-state index is 12.6. The van der Waals surface area contributed by atoms with Gasteiger partial charge in [0.05, 0.1) is 19.8 Å². The van der Waals surface area contributed by atoms with Crippen molar-refractivity contribution in [3.63, 3.8) is 0 Å². The third kappa shape index (κ3) is 4.58. The van der Waals surface area contributed by atoms with Crippen LogP contribution >= 0.6 is 0 Å². The van der Waals surface area contributed by atoms with Crippen LogP contribution < -0.4 is 0 Å². The van der Waals surface area contributed by atoms with E-state index in [2.05, 4.69) is 11.8 Å². The van der Waals surface area contributed by atoms with Gasteiger partial charge in [-0.15, -0.1) is 0 Å². The van der Waals surface area contributed by atoms with Gasteiger partial charge >= 0.3 is 0 Å². The van der Waals surface area contributed by atoms with Gasteiger partial charge in [-0.1, -0.05) is 19.1 Å². The van der Waals surface area contributed by atoms with Crippen LogP contribution in [0.4, 0.5) is 0 Å². The Hall–Kier alpha value is -1.92. The Bertz CT molecular complexity index is 588. The first-order valence-electron chi connectivity index (χ1n) is 9.13. The summed E-state index contributed by atoms with van der Waals surface area (Å²) in [5, 5.41) is 0. The van der Waals surface area contributed by atoms with Crippen molar-refractivity contribution in [3.05, 3.63) is 35.4 Å².